The van der Waals surface area contributed by atoms with Gasteiger partial charge < -0.3 is 4.90 Å². The van der Waals surface area contributed by atoms with Gasteiger partial charge in [-0.05, 0) is 29.7 Å². The van der Waals surface area contributed by atoms with Gasteiger partial charge in [0.25, 0.3) is 0 Å². The zero-order valence-electron chi connectivity index (χ0n) is 8.30. The van der Waals surface area contributed by atoms with Crippen LogP contribution in [0.4, 0.5) is 4.39 Å². The normalized spacial score (nSPS) is 15.6. The molecule has 0 unspecified atom stereocenters. The quantitative estimate of drug-likeness (QED) is 0.613. The van der Waals surface area contributed by atoms with Crippen molar-refractivity contribution in [3.63, 3.8) is 0 Å². The van der Waals surface area contributed by atoms with Crippen LogP contribution >= 0.6 is 0 Å². The number of hydrogen-bond acceptors (Lipinski definition) is 1. The molecule has 0 atom stereocenters. The molecule has 1 aromatic rings. The molecule has 1 aliphatic heterocycles. The van der Waals surface area contributed by atoms with Gasteiger partial charge in [0.2, 0.25) is 5.91 Å². The number of carbonyl (C=O) groups is 1. The highest BCUT2D eigenvalue weighted by atomic mass is 19.1. The van der Waals surface area contributed by atoms with Crippen molar-refractivity contribution in [2.75, 3.05) is 7.05 Å². The average molecular weight is 193 g/mol. The number of amides is 1. The van der Waals surface area contributed by atoms with Gasteiger partial charge >= 0.3 is 0 Å². The van der Waals surface area contributed by atoms with Crippen LogP contribution in [0.3, 0.4) is 0 Å². The molecule has 0 fully saturated rings. The number of carbonyl (C=O) groups excluding carboxylic acids is 1. The third-order valence-corrected chi connectivity index (χ3v) is 2.66. The van der Waals surface area contributed by atoms with Crippen LogP contribution in [-0.4, -0.2) is 17.9 Å². The third kappa shape index (κ3) is 1.39. The first-order valence-corrected chi connectivity index (χ1v) is 4.60. The molecule has 2 rings (SSSR count). The zero-order valence-corrected chi connectivity index (χ0v) is 8.30. The number of benzene rings is 1. The van der Waals surface area contributed by atoms with E-state index >= 15 is 0 Å². The van der Waals surface area contributed by atoms with Crippen molar-refractivity contribution < 1.29 is 9.18 Å². The molecule has 0 saturated carbocycles. The fourth-order valence-electron chi connectivity index (χ4n) is 1.74. The Balaban J connectivity index is 2.47. The van der Waals surface area contributed by atoms with E-state index in [9.17, 15) is 9.18 Å². The van der Waals surface area contributed by atoms with E-state index < -0.39 is 0 Å². The van der Waals surface area contributed by atoms with Gasteiger partial charge in [-0.1, -0.05) is 6.07 Å². The second-order valence-corrected chi connectivity index (χ2v) is 3.80. The van der Waals surface area contributed by atoms with E-state index in [1.165, 1.54) is 6.07 Å². The van der Waals surface area contributed by atoms with Crippen LogP contribution in [0, 0.1) is 12.7 Å². The minimum Gasteiger partial charge on any atom is -0.341 e. The molecule has 0 aliphatic carbocycles. The summed E-state index contributed by atoms with van der Waals surface area (Å²) in [6, 6.07) is 3.31. The first kappa shape index (κ1) is 9.19. The minimum absolute atomic E-state index is 0.100. The Morgan fingerprint density at radius 2 is 2.07 bits per heavy atom. The Hall–Kier alpha value is -1.38. The van der Waals surface area contributed by atoms with Crippen molar-refractivity contribution in [1.29, 1.82) is 0 Å². The molecule has 0 N–H and O–H groups in total. The van der Waals surface area contributed by atoms with E-state index in [1.807, 2.05) is 0 Å². The van der Waals surface area contributed by atoms with Crippen molar-refractivity contribution >= 4 is 5.91 Å². The number of aryl methyl sites for hydroxylation is 1. The largest absolute Gasteiger partial charge is 0.341 e. The molecular formula is C11H12FNO. The van der Waals surface area contributed by atoms with Crippen LogP contribution in [0.15, 0.2) is 12.1 Å². The number of rotatable bonds is 0. The lowest BCUT2D eigenvalue weighted by atomic mass is 9.97. The maximum absolute atomic E-state index is 13.2. The number of fused-ring (bicyclic) bond motifs is 1. The van der Waals surface area contributed by atoms with Crippen LogP contribution < -0.4 is 0 Å². The molecule has 74 valence electrons. The second kappa shape index (κ2) is 3.08. The molecule has 3 heteroatoms. The van der Waals surface area contributed by atoms with Gasteiger partial charge in [0.15, 0.2) is 0 Å². The molecule has 0 bridgehead atoms. The Morgan fingerprint density at radius 1 is 1.36 bits per heavy atom. The van der Waals surface area contributed by atoms with Crippen LogP contribution in [0.2, 0.25) is 0 Å². The fraction of sp³-hybridized carbons (Fsp3) is 0.364. The van der Waals surface area contributed by atoms with Crippen LogP contribution in [-0.2, 0) is 17.8 Å². The summed E-state index contributed by atoms with van der Waals surface area (Å²) < 4.78 is 13.2. The van der Waals surface area contributed by atoms with E-state index in [4.69, 9.17) is 0 Å². The lowest BCUT2D eigenvalue weighted by Gasteiger charge is -2.25. The molecule has 1 amide bonds. The van der Waals surface area contributed by atoms with E-state index in [2.05, 4.69) is 0 Å². The first-order chi connectivity index (χ1) is 6.58. The smallest absolute Gasteiger partial charge is 0.227 e. The second-order valence-electron chi connectivity index (χ2n) is 3.80. The third-order valence-electron chi connectivity index (χ3n) is 2.66. The number of nitrogens with zero attached hydrogens (tertiary/aromatic N) is 1. The molecule has 0 aromatic heterocycles. The van der Waals surface area contributed by atoms with Gasteiger partial charge in [-0.2, -0.15) is 0 Å². The van der Waals surface area contributed by atoms with E-state index in [-0.39, 0.29) is 11.7 Å². The highest BCUT2D eigenvalue weighted by Crippen LogP contribution is 2.21. The van der Waals surface area contributed by atoms with Gasteiger partial charge in [-0.3, -0.25) is 4.79 Å². The summed E-state index contributed by atoms with van der Waals surface area (Å²) in [5, 5.41) is 0. The molecule has 1 heterocycles. The van der Waals surface area contributed by atoms with E-state index in [0.29, 0.717) is 18.5 Å². The summed E-state index contributed by atoms with van der Waals surface area (Å²) in [6.45, 7) is 2.24. The first-order valence-electron chi connectivity index (χ1n) is 4.60. The van der Waals surface area contributed by atoms with Crippen LogP contribution in [0.5, 0.6) is 0 Å². The number of halogens is 1. The van der Waals surface area contributed by atoms with E-state index in [1.54, 1.807) is 24.9 Å². The molecule has 1 aliphatic rings. The number of hydrogen-bond donors (Lipinski definition) is 0. The van der Waals surface area contributed by atoms with Crippen molar-refractivity contribution in [1.82, 2.24) is 4.90 Å². The number of likely N-dealkylation sites (N-methyl/N-ethyl adjacent to an activating group) is 1. The molecule has 0 spiro atoms. The maximum Gasteiger partial charge on any atom is 0.227 e. The zero-order chi connectivity index (χ0) is 10.3. The minimum atomic E-state index is -0.188. The Kier molecular flexibility index (Phi) is 2.02. The predicted molar refractivity (Wildman–Crippen MR) is 51.3 cm³/mol. The summed E-state index contributed by atoms with van der Waals surface area (Å²) in [5.74, 6) is -0.0880. The molecule has 1 aromatic carbocycles. The monoisotopic (exact) mass is 193 g/mol. The van der Waals surface area contributed by atoms with Crippen molar-refractivity contribution in [2.45, 2.75) is 19.9 Å². The van der Waals surface area contributed by atoms with Gasteiger partial charge in [-0.15, -0.1) is 0 Å². The van der Waals surface area contributed by atoms with Gasteiger partial charge in [0, 0.05) is 13.6 Å². The van der Waals surface area contributed by atoms with Crippen LogP contribution in [0.1, 0.15) is 16.7 Å². The Bertz CT molecular complexity index is 401. The summed E-state index contributed by atoms with van der Waals surface area (Å²) >= 11 is 0. The fourth-order valence-corrected chi connectivity index (χ4v) is 1.74. The summed E-state index contributed by atoms with van der Waals surface area (Å²) in [5.41, 5.74) is 2.50. The molecule has 0 radical (unpaired) electrons. The molecule has 14 heavy (non-hydrogen) atoms. The van der Waals surface area contributed by atoms with Crippen molar-refractivity contribution in [3.8, 4) is 0 Å². The highest BCUT2D eigenvalue weighted by Gasteiger charge is 2.20. The SMILES string of the molecule is Cc1cc2c(cc1F)CN(C)C(=O)C2. The van der Waals surface area contributed by atoms with Crippen molar-refractivity contribution in [2.24, 2.45) is 0 Å². The van der Waals surface area contributed by atoms with Crippen LogP contribution in [0.25, 0.3) is 0 Å². The average Bonchev–Trinajstić information content (AvgIpc) is 2.11. The lowest BCUT2D eigenvalue weighted by Crippen LogP contribution is -2.32. The Labute approximate surface area is 82.3 Å². The summed E-state index contributed by atoms with van der Waals surface area (Å²) in [4.78, 5) is 13.0. The Morgan fingerprint density at radius 3 is 2.79 bits per heavy atom. The highest BCUT2D eigenvalue weighted by molar-refractivity contribution is 5.80. The standard InChI is InChI=1S/C11H12FNO/c1-7-3-8-5-11(14)13(2)6-9(8)4-10(7)12/h3-4H,5-6H2,1-2H3. The molecule has 0 saturated heterocycles. The van der Waals surface area contributed by atoms with Crippen molar-refractivity contribution in [3.05, 3.63) is 34.6 Å². The van der Waals surface area contributed by atoms with Gasteiger partial charge in [0.1, 0.15) is 5.82 Å². The van der Waals surface area contributed by atoms with E-state index in [0.717, 1.165) is 11.1 Å². The van der Waals surface area contributed by atoms with Gasteiger partial charge in [-0.25, -0.2) is 4.39 Å². The van der Waals surface area contributed by atoms with Gasteiger partial charge in [0.05, 0.1) is 6.42 Å². The topological polar surface area (TPSA) is 20.3 Å². The lowest BCUT2D eigenvalue weighted by molar-refractivity contribution is -0.130. The summed E-state index contributed by atoms with van der Waals surface area (Å²) in [7, 11) is 1.74. The molecular weight excluding hydrogens is 181 g/mol. The summed E-state index contributed by atoms with van der Waals surface area (Å²) in [6.07, 6.45) is 0.396. The molecule has 2 nitrogen and oxygen atoms in total. The maximum atomic E-state index is 13.2. The predicted octanol–water partition coefficient (Wildman–Crippen LogP) is 1.65.